The highest BCUT2D eigenvalue weighted by Gasteiger charge is 2.29. The van der Waals surface area contributed by atoms with E-state index in [0.717, 1.165) is 25.9 Å². The number of hydrogen-bond donors (Lipinski definition) is 2. The minimum atomic E-state index is -0.471. The molecule has 1 aliphatic heterocycles. The molecule has 0 bridgehead atoms. The number of nitrogens with zero attached hydrogens (tertiary/aromatic N) is 1. The molecule has 2 heterocycles. The second kappa shape index (κ2) is 7.97. The van der Waals surface area contributed by atoms with Crippen molar-refractivity contribution in [2.45, 2.75) is 53.6 Å². The summed E-state index contributed by atoms with van der Waals surface area (Å²) in [5.74, 6) is 2.16. The van der Waals surface area contributed by atoms with Crippen molar-refractivity contribution in [1.29, 1.82) is 0 Å². The van der Waals surface area contributed by atoms with Crippen LogP contribution in [0.5, 0.6) is 5.75 Å². The molecule has 2 N–H and O–H groups in total. The van der Waals surface area contributed by atoms with Gasteiger partial charge in [-0.1, -0.05) is 34.6 Å². The molecule has 1 aromatic heterocycles. The summed E-state index contributed by atoms with van der Waals surface area (Å²) in [4.78, 5) is 16.6. The molecule has 1 saturated heterocycles. The van der Waals surface area contributed by atoms with Crippen LogP contribution in [0.1, 0.15) is 47.5 Å². The van der Waals surface area contributed by atoms with Crippen LogP contribution in [0.3, 0.4) is 0 Å². The van der Waals surface area contributed by atoms with Gasteiger partial charge in [-0.25, -0.2) is 4.98 Å². The number of aromatic nitrogens is 1. The number of carbonyl (C=O) groups excluding carboxylic acids is 1. The van der Waals surface area contributed by atoms with Crippen LogP contribution in [0.25, 0.3) is 0 Å². The highest BCUT2D eigenvalue weighted by atomic mass is 16.5. The Kier molecular flexibility index (Phi) is 6.21. The van der Waals surface area contributed by atoms with Gasteiger partial charge in [0.15, 0.2) is 11.6 Å². The van der Waals surface area contributed by atoms with Crippen LogP contribution < -0.4 is 15.4 Å². The molecule has 1 aliphatic rings. The van der Waals surface area contributed by atoms with Crippen molar-refractivity contribution in [3.63, 3.8) is 0 Å². The Morgan fingerprint density at radius 1 is 1.46 bits per heavy atom. The third kappa shape index (κ3) is 5.20. The summed E-state index contributed by atoms with van der Waals surface area (Å²) in [6, 6.07) is 3.74. The summed E-state index contributed by atoms with van der Waals surface area (Å²) in [5, 5.41) is 6.32. The smallest absolute Gasteiger partial charge is 0.231 e. The summed E-state index contributed by atoms with van der Waals surface area (Å²) >= 11 is 0. The average Bonchev–Trinajstić information content (AvgIpc) is 3.01. The van der Waals surface area contributed by atoms with Crippen LogP contribution in [0, 0.1) is 17.3 Å². The largest absolute Gasteiger partial charge is 0.486 e. The fraction of sp³-hybridized carbons (Fsp3) is 0.684. The van der Waals surface area contributed by atoms with Gasteiger partial charge < -0.3 is 15.4 Å². The van der Waals surface area contributed by atoms with Gasteiger partial charge in [0.1, 0.15) is 6.10 Å². The number of nitrogens with one attached hydrogen (secondary N) is 2. The SMILES string of the molecule is CC(C)CC(Oc1cccnc1NC(=O)C(C)(C)C)[C@H]1CCNC1. The molecule has 1 fully saturated rings. The molecule has 1 amide bonds. The van der Waals surface area contributed by atoms with Crippen molar-refractivity contribution in [2.24, 2.45) is 17.3 Å². The Morgan fingerprint density at radius 3 is 2.79 bits per heavy atom. The van der Waals surface area contributed by atoms with Crippen molar-refractivity contribution in [1.82, 2.24) is 10.3 Å². The van der Waals surface area contributed by atoms with Gasteiger partial charge in [0.05, 0.1) is 0 Å². The zero-order chi connectivity index (χ0) is 17.7. The number of amides is 1. The van der Waals surface area contributed by atoms with E-state index >= 15 is 0 Å². The molecule has 0 saturated carbocycles. The minimum Gasteiger partial charge on any atom is -0.486 e. The monoisotopic (exact) mass is 333 g/mol. The first-order chi connectivity index (χ1) is 11.3. The quantitative estimate of drug-likeness (QED) is 0.837. The van der Waals surface area contributed by atoms with Crippen molar-refractivity contribution < 1.29 is 9.53 Å². The summed E-state index contributed by atoms with van der Waals surface area (Å²) in [5.41, 5.74) is -0.471. The second-order valence-electron chi connectivity index (χ2n) is 8.09. The lowest BCUT2D eigenvalue weighted by molar-refractivity contribution is -0.123. The van der Waals surface area contributed by atoms with E-state index in [2.05, 4.69) is 29.5 Å². The maximum Gasteiger partial charge on any atom is 0.231 e. The van der Waals surface area contributed by atoms with Crippen molar-refractivity contribution >= 4 is 11.7 Å². The first-order valence-corrected chi connectivity index (χ1v) is 8.91. The Morgan fingerprint density at radius 2 is 2.21 bits per heavy atom. The number of hydrogen-bond acceptors (Lipinski definition) is 4. The number of anilines is 1. The number of ether oxygens (including phenoxy) is 1. The molecule has 0 aliphatic carbocycles. The van der Waals surface area contributed by atoms with Crippen LogP contribution >= 0.6 is 0 Å². The van der Waals surface area contributed by atoms with E-state index in [-0.39, 0.29) is 12.0 Å². The van der Waals surface area contributed by atoms with Crippen LogP contribution in [-0.2, 0) is 4.79 Å². The zero-order valence-electron chi connectivity index (χ0n) is 15.6. The maximum absolute atomic E-state index is 12.3. The zero-order valence-corrected chi connectivity index (χ0v) is 15.6. The van der Waals surface area contributed by atoms with E-state index in [1.54, 1.807) is 6.20 Å². The van der Waals surface area contributed by atoms with Crippen LogP contribution in [-0.4, -0.2) is 30.1 Å². The lowest BCUT2D eigenvalue weighted by atomic mass is 9.93. The first-order valence-electron chi connectivity index (χ1n) is 8.91. The highest BCUT2D eigenvalue weighted by molar-refractivity contribution is 5.94. The Hall–Kier alpha value is -1.62. The van der Waals surface area contributed by atoms with E-state index in [0.29, 0.717) is 23.4 Å². The molecule has 1 aromatic rings. The van der Waals surface area contributed by atoms with Crippen LogP contribution in [0.15, 0.2) is 18.3 Å². The normalized spacial score (nSPS) is 19.3. The lowest BCUT2D eigenvalue weighted by Gasteiger charge is -2.27. The summed E-state index contributed by atoms with van der Waals surface area (Å²) in [6.07, 6.45) is 3.93. The summed E-state index contributed by atoms with van der Waals surface area (Å²) in [7, 11) is 0. The molecule has 134 valence electrons. The van der Waals surface area contributed by atoms with Gasteiger partial charge in [-0.3, -0.25) is 4.79 Å². The molecule has 0 spiro atoms. The van der Waals surface area contributed by atoms with Crippen molar-refractivity contribution in [3.8, 4) is 5.75 Å². The van der Waals surface area contributed by atoms with Crippen LogP contribution in [0.4, 0.5) is 5.82 Å². The molecule has 24 heavy (non-hydrogen) atoms. The summed E-state index contributed by atoms with van der Waals surface area (Å²) < 4.78 is 6.34. The maximum atomic E-state index is 12.3. The van der Waals surface area contributed by atoms with Crippen LogP contribution in [0.2, 0.25) is 0 Å². The topological polar surface area (TPSA) is 63.2 Å². The highest BCUT2D eigenvalue weighted by Crippen LogP contribution is 2.29. The number of carbonyl (C=O) groups is 1. The van der Waals surface area contributed by atoms with E-state index in [9.17, 15) is 4.79 Å². The number of rotatable bonds is 6. The molecular formula is C19H31N3O2. The Bertz CT molecular complexity index is 546. The minimum absolute atomic E-state index is 0.0611. The van der Waals surface area contributed by atoms with Gasteiger partial charge in [0.2, 0.25) is 5.91 Å². The van der Waals surface area contributed by atoms with Gasteiger partial charge in [-0.2, -0.15) is 0 Å². The van der Waals surface area contributed by atoms with E-state index in [1.807, 2.05) is 32.9 Å². The van der Waals surface area contributed by atoms with Gasteiger partial charge in [-0.05, 0) is 37.4 Å². The Balaban J connectivity index is 2.16. The molecule has 2 rings (SSSR count). The van der Waals surface area contributed by atoms with E-state index < -0.39 is 5.41 Å². The fourth-order valence-electron chi connectivity index (χ4n) is 2.83. The second-order valence-corrected chi connectivity index (χ2v) is 8.09. The first kappa shape index (κ1) is 18.7. The molecule has 1 unspecified atom stereocenters. The summed E-state index contributed by atoms with van der Waals surface area (Å²) in [6.45, 7) is 12.1. The predicted molar refractivity (Wildman–Crippen MR) is 97.2 cm³/mol. The average molecular weight is 333 g/mol. The fourth-order valence-corrected chi connectivity index (χ4v) is 2.83. The van der Waals surface area contributed by atoms with Gasteiger partial charge in [0.25, 0.3) is 0 Å². The van der Waals surface area contributed by atoms with E-state index in [1.165, 1.54) is 0 Å². The van der Waals surface area contributed by atoms with Gasteiger partial charge in [-0.15, -0.1) is 0 Å². The molecule has 5 nitrogen and oxygen atoms in total. The molecule has 5 heteroatoms. The molecular weight excluding hydrogens is 302 g/mol. The van der Waals surface area contributed by atoms with Gasteiger partial charge >= 0.3 is 0 Å². The van der Waals surface area contributed by atoms with Crippen molar-refractivity contribution in [2.75, 3.05) is 18.4 Å². The standard InChI is InChI=1S/C19H31N3O2/c1-13(2)11-16(14-8-10-20-12-14)24-15-7-6-9-21-17(15)22-18(23)19(3,4)5/h6-7,9,13-14,16,20H,8,10-12H2,1-5H3,(H,21,22,23)/t14-,16?/m0/s1. The molecule has 0 radical (unpaired) electrons. The van der Waals surface area contributed by atoms with Gasteiger partial charge in [0, 0.05) is 24.1 Å². The van der Waals surface area contributed by atoms with Crippen molar-refractivity contribution in [3.05, 3.63) is 18.3 Å². The third-order valence-corrected chi connectivity index (χ3v) is 4.29. The molecule has 2 atom stereocenters. The third-order valence-electron chi connectivity index (χ3n) is 4.29. The Labute approximate surface area is 145 Å². The van der Waals surface area contributed by atoms with E-state index in [4.69, 9.17) is 4.74 Å². The lowest BCUT2D eigenvalue weighted by Crippen LogP contribution is -2.32. The molecule has 0 aromatic carbocycles. The predicted octanol–water partition coefficient (Wildman–Crippen LogP) is 3.47. The number of pyridine rings is 1.